The quantitative estimate of drug-likeness (QED) is 0.577. The molecular formula is C24H29N5O5. The molecule has 1 aromatic carbocycles. The molecule has 3 rings (SSSR count). The molecule has 34 heavy (non-hydrogen) atoms. The number of carbonyl (C=O) groups excluding carboxylic acids is 2. The Morgan fingerprint density at radius 3 is 2.38 bits per heavy atom. The highest BCUT2D eigenvalue weighted by atomic mass is 16.6. The van der Waals surface area contributed by atoms with E-state index in [0.29, 0.717) is 29.1 Å². The summed E-state index contributed by atoms with van der Waals surface area (Å²) in [7, 11) is 0. The van der Waals surface area contributed by atoms with E-state index in [2.05, 4.69) is 15.3 Å². The van der Waals surface area contributed by atoms with Crippen molar-refractivity contribution in [2.75, 3.05) is 28.2 Å². The van der Waals surface area contributed by atoms with Crippen LogP contribution in [0.4, 0.5) is 27.1 Å². The van der Waals surface area contributed by atoms with Crippen LogP contribution in [0.25, 0.3) is 10.9 Å². The van der Waals surface area contributed by atoms with Crippen LogP contribution in [0.1, 0.15) is 40.2 Å². The molecule has 180 valence electrons. The molecular weight excluding hydrogens is 438 g/mol. The molecule has 0 saturated heterocycles. The lowest BCUT2D eigenvalue weighted by atomic mass is 10.1. The number of rotatable bonds is 5. The minimum atomic E-state index is -0.669. The zero-order chi connectivity index (χ0) is 25.0. The second kappa shape index (κ2) is 9.90. The van der Waals surface area contributed by atoms with E-state index in [-0.39, 0.29) is 17.9 Å². The van der Waals surface area contributed by atoms with Crippen molar-refractivity contribution in [3.63, 3.8) is 0 Å². The summed E-state index contributed by atoms with van der Waals surface area (Å²) >= 11 is 0. The normalized spacial score (nSPS) is 11.2. The number of ether oxygens (including phenoxy) is 1. The van der Waals surface area contributed by atoms with Gasteiger partial charge in [-0.15, -0.1) is 0 Å². The first-order chi connectivity index (χ1) is 16.1. The molecule has 0 aliphatic heterocycles. The molecule has 3 aromatic rings. The van der Waals surface area contributed by atoms with Gasteiger partial charge < -0.3 is 9.15 Å². The van der Waals surface area contributed by atoms with Crippen LogP contribution in [0.5, 0.6) is 0 Å². The first-order valence-electron chi connectivity index (χ1n) is 11.0. The smallest absolute Gasteiger partial charge is 0.412 e. The third-order valence-corrected chi connectivity index (χ3v) is 4.93. The summed E-state index contributed by atoms with van der Waals surface area (Å²) in [6.45, 7) is 11.1. The highest BCUT2D eigenvalue weighted by Gasteiger charge is 2.26. The fourth-order valence-corrected chi connectivity index (χ4v) is 3.38. The van der Waals surface area contributed by atoms with Gasteiger partial charge in [0.2, 0.25) is 0 Å². The van der Waals surface area contributed by atoms with Gasteiger partial charge in [0.1, 0.15) is 11.4 Å². The number of benzene rings is 1. The van der Waals surface area contributed by atoms with Gasteiger partial charge in [-0.05, 0) is 71.4 Å². The molecule has 0 unspecified atom stereocenters. The molecule has 1 N–H and O–H groups in total. The molecule has 3 amide bonds. The van der Waals surface area contributed by atoms with Crippen molar-refractivity contribution >= 4 is 40.5 Å². The molecule has 0 aliphatic rings. The summed E-state index contributed by atoms with van der Waals surface area (Å²) in [4.78, 5) is 49.8. The Morgan fingerprint density at radius 2 is 1.79 bits per heavy atom. The highest BCUT2D eigenvalue weighted by Crippen LogP contribution is 2.25. The summed E-state index contributed by atoms with van der Waals surface area (Å²) in [6, 6.07) is 7.95. The molecule has 10 heteroatoms. The van der Waals surface area contributed by atoms with E-state index in [1.165, 1.54) is 9.80 Å². The van der Waals surface area contributed by atoms with E-state index in [0.717, 1.165) is 0 Å². The number of hydrogen-bond donors (Lipinski definition) is 1. The Hall–Kier alpha value is -3.95. The van der Waals surface area contributed by atoms with Gasteiger partial charge in [0.05, 0.1) is 10.9 Å². The van der Waals surface area contributed by atoms with Gasteiger partial charge in [-0.2, -0.15) is 4.98 Å². The summed E-state index contributed by atoms with van der Waals surface area (Å²) in [5, 5.41) is 2.85. The third kappa shape index (κ3) is 5.33. The van der Waals surface area contributed by atoms with Gasteiger partial charge in [-0.25, -0.2) is 24.3 Å². The second-order valence-corrected chi connectivity index (χ2v) is 8.50. The average Bonchev–Trinajstić information content (AvgIpc) is 2.76. The van der Waals surface area contributed by atoms with E-state index in [4.69, 9.17) is 9.15 Å². The zero-order valence-corrected chi connectivity index (χ0v) is 20.2. The Kier molecular flexibility index (Phi) is 7.19. The predicted octanol–water partition coefficient (Wildman–Crippen LogP) is 4.71. The number of aryl methyl sites for hydroxylation is 1. The largest absolute Gasteiger partial charge is 0.444 e. The Labute approximate surface area is 197 Å². The molecule has 10 nitrogen and oxygen atoms in total. The number of carbonyl (C=O) groups is 2. The van der Waals surface area contributed by atoms with Gasteiger partial charge in [0, 0.05) is 25.0 Å². The molecule has 0 spiro atoms. The monoisotopic (exact) mass is 467 g/mol. The predicted molar refractivity (Wildman–Crippen MR) is 131 cm³/mol. The van der Waals surface area contributed by atoms with E-state index in [1.807, 2.05) is 6.92 Å². The molecule has 0 aliphatic carbocycles. The minimum absolute atomic E-state index is 0.119. The lowest BCUT2D eigenvalue weighted by molar-refractivity contribution is 0.0635. The Morgan fingerprint density at radius 1 is 1.09 bits per heavy atom. The lowest BCUT2D eigenvalue weighted by Crippen LogP contribution is -2.44. The SMILES string of the molecule is CCN(C(=O)N(CC)c1nc2ccc(NC(=O)OC(C)(C)C)c(C)c2c(=O)o1)c1ccccn1. The van der Waals surface area contributed by atoms with Gasteiger partial charge in [-0.1, -0.05) is 6.07 Å². The van der Waals surface area contributed by atoms with Crippen molar-refractivity contribution < 1.29 is 18.7 Å². The first-order valence-corrected chi connectivity index (χ1v) is 11.0. The van der Waals surface area contributed by atoms with Crippen molar-refractivity contribution in [3.05, 3.63) is 52.5 Å². The maximum Gasteiger partial charge on any atom is 0.412 e. The number of hydrogen-bond acceptors (Lipinski definition) is 7. The van der Waals surface area contributed by atoms with Crippen LogP contribution in [0, 0.1) is 6.92 Å². The van der Waals surface area contributed by atoms with Crippen LogP contribution in [0.15, 0.2) is 45.7 Å². The van der Waals surface area contributed by atoms with E-state index < -0.39 is 23.4 Å². The van der Waals surface area contributed by atoms with Crippen molar-refractivity contribution in [1.29, 1.82) is 0 Å². The zero-order valence-electron chi connectivity index (χ0n) is 20.2. The summed E-state index contributed by atoms with van der Waals surface area (Å²) in [5.41, 5.74) is -0.112. The number of nitrogens with one attached hydrogen (secondary N) is 1. The Balaban J connectivity index is 1.97. The average molecular weight is 468 g/mol. The van der Waals surface area contributed by atoms with Crippen LogP contribution >= 0.6 is 0 Å². The van der Waals surface area contributed by atoms with Crippen LogP contribution < -0.4 is 20.7 Å². The lowest BCUT2D eigenvalue weighted by Gasteiger charge is -2.26. The van der Waals surface area contributed by atoms with E-state index in [9.17, 15) is 14.4 Å². The number of urea groups is 1. The van der Waals surface area contributed by atoms with Crippen LogP contribution in [0.2, 0.25) is 0 Å². The summed E-state index contributed by atoms with van der Waals surface area (Å²) < 4.78 is 10.7. The number of amides is 3. The number of fused-ring (bicyclic) bond motifs is 1. The van der Waals surface area contributed by atoms with E-state index >= 15 is 0 Å². The maximum absolute atomic E-state index is 13.3. The van der Waals surface area contributed by atoms with Crippen LogP contribution in [-0.2, 0) is 4.74 Å². The fourth-order valence-electron chi connectivity index (χ4n) is 3.38. The topological polar surface area (TPSA) is 118 Å². The fraction of sp³-hybridized carbons (Fsp3) is 0.375. The minimum Gasteiger partial charge on any atom is -0.444 e. The van der Waals surface area contributed by atoms with Gasteiger partial charge in [0.25, 0.3) is 0 Å². The molecule has 2 heterocycles. The van der Waals surface area contributed by atoms with Crippen molar-refractivity contribution in [2.24, 2.45) is 0 Å². The first kappa shape index (κ1) is 24.7. The number of anilines is 3. The van der Waals surface area contributed by atoms with Crippen molar-refractivity contribution in [1.82, 2.24) is 9.97 Å². The maximum atomic E-state index is 13.3. The van der Waals surface area contributed by atoms with Crippen molar-refractivity contribution in [2.45, 2.75) is 47.1 Å². The Bertz CT molecular complexity index is 1250. The summed E-state index contributed by atoms with van der Waals surface area (Å²) in [5.74, 6) is 0.477. The molecule has 0 radical (unpaired) electrons. The molecule has 0 bridgehead atoms. The van der Waals surface area contributed by atoms with Crippen LogP contribution in [0.3, 0.4) is 0 Å². The van der Waals surface area contributed by atoms with Crippen molar-refractivity contribution in [3.8, 4) is 0 Å². The molecule has 0 saturated carbocycles. The molecule has 0 fully saturated rings. The molecule has 0 atom stereocenters. The van der Waals surface area contributed by atoms with Crippen LogP contribution in [-0.4, -0.2) is 40.8 Å². The van der Waals surface area contributed by atoms with Gasteiger partial charge in [0.15, 0.2) is 0 Å². The van der Waals surface area contributed by atoms with Gasteiger partial charge >= 0.3 is 23.8 Å². The van der Waals surface area contributed by atoms with E-state index in [1.54, 1.807) is 71.1 Å². The number of pyridine rings is 1. The molecule has 2 aromatic heterocycles. The second-order valence-electron chi connectivity index (χ2n) is 8.50. The third-order valence-electron chi connectivity index (χ3n) is 4.93. The van der Waals surface area contributed by atoms with Gasteiger partial charge in [-0.3, -0.25) is 10.2 Å². The standard InChI is InChI=1S/C24H29N5O5/c1-7-28(18-11-9-10-14-25-18)23(32)29(8-2)21-26-17-13-12-16(15(3)19(17)20(30)33-21)27-22(31)34-24(4,5)6/h9-14H,7-8H2,1-6H3,(H,27,31). The number of nitrogens with zero attached hydrogens (tertiary/aromatic N) is 4. The highest BCUT2D eigenvalue weighted by molar-refractivity contribution is 6.02. The number of aromatic nitrogens is 2. The summed E-state index contributed by atoms with van der Waals surface area (Å²) in [6.07, 6.45) is 0.961.